The van der Waals surface area contributed by atoms with Crippen molar-refractivity contribution in [2.75, 3.05) is 0 Å². The Kier molecular flexibility index (Phi) is 6.30. The summed E-state index contributed by atoms with van der Waals surface area (Å²) in [5.41, 5.74) is 5.85. The van der Waals surface area contributed by atoms with Gasteiger partial charge in [-0.3, -0.25) is 9.20 Å². The van der Waals surface area contributed by atoms with Gasteiger partial charge in [-0.2, -0.15) is 13.2 Å². The molecule has 0 bridgehead atoms. The number of nitrogens with one attached hydrogen (secondary N) is 1. The zero-order valence-electron chi connectivity index (χ0n) is 16.9. The number of amides is 1. The number of rotatable bonds is 4. The lowest BCUT2D eigenvalue weighted by Crippen LogP contribution is -2.86. The van der Waals surface area contributed by atoms with Gasteiger partial charge in [0.25, 0.3) is 5.91 Å². The number of carboxylic acids is 1. The summed E-state index contributed by atoms with van der Waals surface area (Å²) in [7, 11) is 0. The fourth-order valence-electron chi connectivity index (χ4n) is 3.15. The van der Waals surface area contributed by atoms with E-state index in [2.05, 4.69) is 48.7 Å². The third kappa shape index (κ3) is 5.02. The van der Waals surface area contributed by atoms with Gasteiger partial charge in [-0.1, -0.05) is 30.3 Å². The maximum Gasteiger partial charge on any atom is 0.430 e. The summed E-state index contributed by atoms with van der Waals surface area (Å²) in [6.45, 7) is 5.88. The van der Waals surface area contributed by atoms with Crippen molar-refractivity contribution in [3.8, 4) is 11.3 Å². The summed E-state index contributed by atoms with van der Waals surface area (Å²) < 4.78 is 33.5. The van der Waals surface area contributed by atoms with Gasteiger partial charge < -0.3 is 20.5 Å². The molecule has 0 unspecified atom stereocenters. The molecular formula is C21H21F3N4O3. The van der Waals surface area contributed by atoms with Crippen LogP contribution < -0.4 is 15.7 Å². The molecule has 3 aromatic rings. The number of carbonyl (C=O) groups excluding carboxylic acids is 2. The Balaban J connectivity index is 0.000000339. The molecule has 1 aromatic carbocycles. The van der Waals surface area contributed by atoms with E-state index in [1.54, 1.807) is 0 Å². The van der Waals surface area contributed by atoms with Crippen molar-refractivity contribution in [1.29, 1.82) is 0 Å². The molecule has 0 aliphatic carbocycles. The van der Waals surface area contributed by atoms with Crippen LogP contribution in [-0.2, 0) is 17.9 Å². The van der Waals surface area contributed by atoms with Crippen molar-refractivity contribution in [2.45, 2.75) is 39.2 Å². The predicted octanol–water partition coefficient (Wildman–Crippen LogP) is 1.02. The van der Waals surface area contributed by atoms with E-state index in [-0.39, 0.29) is 5.91 Å². The zero-order chi connectivity index (χ0) is 22.8. The van der Waals surface area contributed by atoms with E-state index in [0.29, 0.717) is 18.3 Å². The summed E-state index contributed by atoms with van der Waals surface area (Å²) in [5.74, 6) is -3.05. The van der Waals surface area contributed by atoms with Gasteiger partial charge in [0.15, 0.2) is 0 Å². The zero-order valence-corrected chi connectivity index (χ0v) is 16.9. The lowest BCUT2D eigenvalue weighted by Gasteiger charge is -2.16. The van der Waals surface area contributed by atoms with Gasteiger partial charge in [-0.25, -0.2) is 4.98 Å². The molecule has 1 aliphatic heterocycles. The average molecular weight is 434 g/mol. The minimum absolute atomic E-state index is 0.0448. The maximum absolute atomic E-state index is 12.0. The summed E-state index contributed by atoms with van der Waals surface area (Å²) in [6, 6.07) is 14.8. The van der Waals surface area contributed by atoms with Gasteiger partial charge in [-0.05, 0) is 26.0 Å². The second-order valence-corrected chi connectivity index (χ2v) is 7.36. The van der Waals surface area contributed by atoms with Gasteiger partial charge >= 0.3 is 6.18 Å². The molecule has 164 valence electrons. The molecule has 10 heteroatoms. The minimum atomic E-state index is -5.19. The molecule has 31 heavy (non-hydrogen) atoms. The SMILES string of the molecule is CC(C)[NH2+]Cc1ccc(-c2nc3cccc4n3c2CNC4=O)cc1.O=C([O-])C(F)(F)F. The number of aromatic nitrogens is 2. The molecule has 3 N–H and O–H groups in total. The van der Waals surface area contributed by atoms with Crippen molar-refractivity contribution in [3.63, 3.8) is 0 Å². The molecule has 0 atom stereocenters. The molecule has 2 aromatic heterocycles. The molecule has 4 rings (SSSR count). The van der Waals surface area contributed by atoms with Crippen LogP contribution in [0.3, 0.4) is 0 Å². The lowest BCUT2D eigenvalue weighted by molar-refractivity contribution is -0.698. The van der Waals surface area contributed by atoms with Gasteiger partial charge in [0, 0.05) is 11.1 Å². The van der Waals surface area contributed by atoms with Gasteiger partial charge in [-0.15, -0.1) is 0 Å². The number of carbonyl (C=O) groups is 2. The smallest absolute Gasteiger partial charge is 0.430 e. The topological polar surface area (TPSA) is 103 Å². The first kappa shape index (κ1) is 22.3. The highest BCUT2D eigenvalue weighted by Crippen LogP contribution is 2.27. The number of nitrogens with zero attached hydrogens (tertiary/aromatic N) is 2. The molecule has 1 aliphatic rings. The van der Waals surface area contributed by atoms with Crippen LogP contribution in [0.25, 0.3) is 16.9 Å². The quantitative estimate of drug-likeness (QED) is 0.640. The maximum atomic E-state index is 12.0. The van der Waals surface area contributed by atoms with E-state index in [1.165, 1.54) is 5.56 Å². The lowest BCUT2D eigenvalue weighted by atomic mass is 10.1. The van der Waals surface area contributed by atoms with Crippen molar-refractivity contribution < 1.29 is 33.2 Å². The van der Waals surface area contributed by atoms with E-state index in [0.717, 1.165) is 29.1 Å². The first-order valence-electron chi connectivity index (χ1n) is 9.57. The number of benzene rings is 1. The molecule has 0 saturated heterocycles. The Bertz CT molecular complexity index is 1110. The monoisotopic (exact) mass is 434 g/mol. The third-order valence-corrected chi connectivity index (χ3v) is 4.67. The average Bonchev–Trinajstić information content (AvgIpc) is 3.09. The highest BCUT2D eigenvalue weighted by atomic mass is 19.4. The number of hydrogen-bond acceptors (Lipinski definition) is 4. The predicted molar refractivity (Wildman–Crippen MR) is 104 cm³/mol. The highest BCUT2D eigenvalue weighted by Gasteiger charge is 2.28. The number of hydrogen-bond donors (Lipinski definition) is 2. The van der Waals surface area contributed by atoms with Crippen LogP contribution in [0.1, 0.15) is 35.6 Å². The number of quaternary nitrogens is 1. The van der Waals surface area contributed by atoms with Crippen LogP contribution in [-0.4, -0.2) is 33.5 Å². The number of alkyl halides is 3. The third-order valence-electron chi connectivity index (χ3n) is 4.67. The summed E-state index contributed by atoms with van der Waals surface area (Å²) in [6.07, 6.45) is -5.19. The highest BCUT2D eigenvalue weighted by molar-refractivity contribution is 5.95. The van der Waals surface area contributed by atoms with Gasteiger partial charge in [0.1, 0.15) is 23.9 Å². The summed E-state index contributed by atoms with van der Waals surface area (Å²) in [4.78, 5) is 25.6. The van der Waals surface area contributed by atoms with Crippen LogP contribution in [0, 0.1) is 0 Å². The standard InChI is InChI=1S/C19H20N4O.C2HF3O2/c1-12(2)20-10-13-6-8-14(9-7-13)18-16-11-21-19(24)15-4-3-5-17(22-18)23(15)16;3-2(4,5)1(6)7/h3-9,12,20H,10-11H2,1-2H3,(H,21,24);(H,6,7). The fraction of sp³-hybridized carbons (Fsp3) is 0.286. The van der Waals surface area contributed by atoms with Gasteiger partial charge in [0.05, 0.1) is 24.0 Å². The number of nitrogens with two attached hydrogens (primary N) is 1. The van der Waals surface area contributed by atoms with Crippen LogP contribution in [0.5, 0.6) is 0 Å². The second kappa shape index (κ2) is 8.76. The van der Waals surface area contributed by atoms with E-state index >= 15 is 0 Å². The normalized spacial score (nSPS) is 13.0. The molecular weight excluding hydrogens is 413 g/mol. The molecule has 3 heterocycles. The first-order chi connectivity index (χ1) is 14.6. The molecule has 7 nitrogen and oxygen atoms in total. The van der Waals surface area contributed by atoms with Crippen molar-refractivity contribution in [3.05, 3.63) is 59.4 Å². The Hall–Kier alpha value is -3.40. The molecule has 1 amide bonds. The number of halogens is 3. The summed E-state index contributed by atoms with van der Waals surface area (Å²) >= 11 is 0. The number of imidazole rings is 1. The number of pyridine rings is 1. The Labute approximate surface area is 175 Å². The number of aliphatic carboxylic acids is 1. The van der Waals surface area contributed by atoms with E-state index < -0.39 is 12.1 Å². The first-order valence-corrected chi connectivity index (χ1v) is 9.57. The van der Waals surface area contributed by atoms with Crippen molar-refractivity contribution >= 4 is 17.5 Å². The molecule has 0 fully saturated rings. The van der Waals surface area contributed by atoms with E-state index in [9.17, 15) is 18.0 Å². The molecule has 0 spiro atoms. The van der Waals surface area contributed by atoms with E-state index in [1.807, 2.05) is 22.6 Å². The largest absolute Gasteiger partial charge is 0.542 e. The van der Waals surface area contributed by atoms with Gasteiger partial charge in [0.2, 0.25) is 0 Å². The van der Waals surface area contributed by atoms with Crippen LogP contribution >= 0.6 is 0 Å². The van der Waals surface area contributed by atoms with Crippen molar-refractivity contribution in [2.24, 2.45) is 0 Å². The number of carboxylic acid groups (broad SMARTS) is 1. The van der Waals surface area contributed by atoms with Crippen LogP contribution in [0.15, 0.2) is 42.5 Å². The van der Waals surface area contributed by atoms with Crippen LogP contribution in [0.4, 0.5) is 13.2 Å². The minimum Gasteiger partial charge on any atom is -0.542 e. The second-order valence-electron chi connectivity index (χ2n) is 7.36. The molecule has 0 radical (unpaired) electrons. The Morgan fingerprint density at radius 1 is 1.23 bits per heavy atom. The van der Waals surface area contributed by atoms with E-state index in [4.69, 9.17) is 14.9 Å². The summed E-state index contributed by atoms with van der Waals surface area (Å²) in [5, 5.41) is 14.0. The molecule has 0 saturated carbocycles. The fourth-order valence-corrected chi connectivity index (χ4v) is 3.15. The Morgan fingerprint density at radius 2 is 1.87 bits per heavy atom. The van der Waals surface area contributed by atoms with Crippen molar-refractivity contribution in [1.82, 2.24) is 14.7 Å². The van der Waals surface area contributed by atoms with Crippen LogP contribution in [0.2, 0.25) is 0 Å². The Morgan fingerprint density at radius 3 is 2.45 bits per heavy atom.